The van der Waals surface area contributed by atoms with Crippen LogP contribution in [0.3, 0.4) is 0 Å². The molecule has 0 spiro atoms. The highest BCUT2D eigenvalue weighted by molar-refractivity contribution is 9.10. The molecule has 0 bridgehead atoms. The first kappa shape index (κ1) is 24.2. The number of rotatable bonds is 9. The van der Waals surface area contributed by atoms with Crippen molar-refractivity contribution in [2.24, 2.45) is 0 Å². The number of piperazine rings is 1. The Morgan fingerprint density at radius 3 is 2.53 bits per heavy atom. The number of furan rings is 1. The van der Waals surface area contributed by atoms with Gasteiger partial charge in [0, 0.05) is 52.1 Å². The molecule has 1 aromatic carbocycles. The molecule has 0 unspecified atom stereocenters. The fourth-order valence-corrected chi connectivity index (χ4v) is 4.21. The highest BCUT2D eigenvalue weighted by atomic mass is 79.9. The molecule has 2 aromatic heterocycles. The van der Waals surface area contributed by atoms with Crippen molar-refractivity contribution in [1.82, 2.24) is 24.8 Å². The second-order valence-electron chi connectivity index (χ2n) is 8.17. The molecule has 10 heteroatoms. The summed E-state index contributed by atoms with van der Waals surface area (Å²) in [5.74, 6) is 1.36. The zero-order valence-electron chi connectivity index (χ0n) is 19.2. The van der Waals surface area contributed by atoms with E-state index in [4.69, 9.17) is 8.94 Å². The second-order valence-corrected chi connectivity index (χ2v) is 8.95. The molecule has 1 aliphatic heterocycles. The van der Waals surface area contributed by atoms with Gasteiger partial charge in [-0.1, -0.05) is 35.5 Å². The van der Waals surface area contributed by atoms with Gasteiger partial charge >= 0.3 is 0 Å². The summed E-state index contributed by atoms with van der Waals surface area (Å²) >= 11 is 3.23. The van der Waals surface area contributed by atoms with E-state index in [9.17, 15) is 9.59 Å². The highest BCUT2D eigenvalue weighted by Crippen LogP contribution is 2.17. The SMILES string of the molecule is CCN(Cc1ccccc1)C(=O)CCc1nc(CN2CCN(C(=O)c3ccc(Br)o3)CC2)no1. The first-order valence-electron chi connectivity index (χ1n) is 11.4. The Hall–Kier alpha value is -2.98. The monoisotopic (exact) mass is 529 g/mol. The molecule has 180 valence electrons. The Morgan fingerprint density at radius 2 is 1.85 bits per heavy atom. The van der Waals surface area contributed by atoms with Crippen LogP contribution in [0, 0.1) is 0 Å². The van der Waals surface area contributed by atoms with Crippen molar-refractivity contribution in [3.05, 3.63) is 70.2 Å². The lowest BCUT2D eigenvalue weighted by molar-refractivity contribution is -0.131. The van der Waals surface area contributed by atoms with Gasteiger partial charge in [0.1, 0.15) is 0 Å². The lowest BCUT2D eigenvalue weighted by atomic mass is 10.2. The number of aromatic nitrogens is 2. The van der Waals surface area contributed by atoms with Gasteiger partial charge in [-0.05, 0) is 40.5 Å². The smallest absolute Gasteiger partial charge is 0.289 e. The second kappa shape index (κ2) is 11.4. The third-order valence-electron chi connectivity index (χ3n) is 5.82. The molecule has 0 N–H and O–H groups in total. The molecule has 34 heavy (non-hydrogen) atoms. The quantitative estimate of drug-likeness (QED) is 0.419. The van der Waals surface area contributed by atoms with Crippen LogP contribution in [0.1, 0.15) is 41.2 Å². The zero-order valence-corrected chi connectivity index (χ0v) is 20.7. The molecular formula is C24H28BrN5O4. The Kier molecular flexibility index (Phi) is 8.12. The molecule has 1 fully saturated rings. The summed E-state index contributed by atoms with van der Waals surface area (Å²) in [5, 5.41) is 4.07. The van der Waals surface area contributed by atoms with Crippen molar-refractivity contribution in [3.63, 3.8) is 0 Å². The predicted octanol–water partition coefficient (Wildman–Crippen LogP) is 3.36. The summed E-state index contributed by atoms with van der Waals surface area (Å²) in [4.78, 5) is 35.4. The molecule has 0 radical (unpaired) electrons. The minimum absolute atomic E-state index is 0.0653. The van der Waals surface area contributed by atoms with Crippen LogP contribution in [0.4, 0.5) is 0 Å². The number of hydrogen-bond donors (Lipinski definition) is 0. The van der Waals surface area contributed by atoms with E-state index >= 15 is 0 Å². The standard InChI is InChI=1S/C24H28BrN5O4/c1-2-29(16-18-6-4-3-5-7-18)23(31)11-10-22-26-21(27-34-22)17-28-12-14-30(15-13-28)24(32)19-8-9-20(25)33-19/h3-9H,2,10-17H2,1H3. The summed E-state index contributed by atoms with van der Waals surface area (Å²) in [6.07, 6.45) is 0.740. The third kappa shape index (κ3) is 6.32. The molecule has 0 atom stereocenters. The lowest BCUT2D eigenvalue weighted by Gasteiger charge is -2.33. The van der Waals surface area contributed by atoms with Crippen LogP contribution >= 0.6 is 15.9 Å². The third-order valence-corrected chi connectivity index (χ3v) is 6.25. The maximum Gasteiger partial charge on any atom is 0.289 e. The molecule has 3 heterocycles. The maximum absolute atomic E-state index is 12.7. The van der Waals surface area contributed by atoms with Crippen molar-refractivity contribution in [1.29, 1.82) is 0 Å². The van der Waals surface area contributed by atoms with Crippen molar-refractivity contribution < 1.29 is 18.5 Å². The van der Waals surface area contributed by atoms with Crippen LogP contribution in [-0.4, -0.2) is 69.4 Å². The number of halogens is 1. The van der Waals surface area contributed by atoms with Crippen LogP contribution in [0.25, 0.3) is 0 Å². The lowest BCUT2D eigenvalue weighted by Crippen LogP contribution is -2.48. The van der Waals surface area contributed by atoms with Crippen molar-refractivity contribution in [3.8, 4) is 0 Å². The van der Waals surface area contributed by atoms with Gasteiger partial charge in [-0.25, -0.2) is 0 Å². The summed E-state index contributed by atoms with van der Waals surface area (Å²) in [6, 6.07) is 13.3. The Balaban J connectivity index is 1.21. The van der Waals surface area contributed by atoms with Gasteiger partial charge in [0.25, 0.3) is 5.91 Å². The molecule has 1 aliphatic rings. The van der Waals surface area contributed by atoms with E-state index in [1.807, 2.05) is 42.2 Å². The van der Waals surface area contributed by atoms with E-state index in [-0.39, 0.29) is 11.8 Å². The average molecular weight is 530 g/mol. The van der Waals surface area contributed by atoms with E-state index in [1.54, 1.807) is 17.0 Å². The van der Waals surface area contributed by atoms with Crippen LogP contribution in [0.5, 0.6) is 0 Å². The molecule has 9 nitrogen and oxygen atoms in total. The van der Waals surface area contributed by atoms with E-state index < -0.39 is 0 Å². The van der Waals surface area contributed by atoms with Gasteiger partial charge in [-0.15, -0.1) is 0 Å². The first-order valence-corrected chi connectivity index (χ1v) is 12.2. The van der Waals surface area contributed by atoms with E-state index in [0.717, 1.165) is 5.56 Å². The zero-order chi connectivity index (χ0) is 23.9. The largest absolute Gasteiger partial charge is 0.444 e. The molecule has 4 rings (SSSR count). The topological polar surface area (TPSA) is 95.9 Å². The minimum atomic E-state index is -0.106. The number of carbonyl (C=O) groups excluding carboxylic acids is 2. The number of carbonyl (C=O) groups is 2. The molecule has 1 saturated heterocycles. The fourth-order valence-electron chi connectivity index (χ4n) is 3.90. The molecule has 0 aliphatic carbocycles. The maximum atomic E-state index is 12.7. The number of amides is 2. The minimum Gasteiger partial charge on any atom is -0.444 e. The highest BCUT2D eigenvalue weighted by Gasteiger charge is 2.25. The van der Waals surface area contributed by atoms with Crippen LogP contribution in [-0.2, 0) is 24.3 Å². The van der Waals surface area contributed by atoms with Gasteiger partial charge < -0.3 is 18.7 Å². The number of aryl methyl sites for hydroxylation is 1. The number of benzene rings is 1. The van der Waals surface area contributed by atoms with Crippen molar-refractivity contribution in [2.75, 3.05) is 32.7 Å². The van der Waals surface area contributed by atoms with Gasteiger partial charge in [0.05, 0.1) is 6.54 Å². The van der Waals surface area contributed by atoms with Crippen molar-refractivity contribution >= 4 is 27.7 Å². The molecular weight excluding hydrogens is 502 g/mol. The van der Waals surface area contributed by atoms with Gasteiger partial charge in [-0.3, -0.25) is 14.5 Å². The summed E-state index contributed by atoms with van der Waals surface area (Å²) in [7, 11) is 0. The Bertz CT molecular complexity index is 1090. The van der Waals surface area contributed by atoms with Crippen LogP contribution in [0.2, 0.25) is 0 Å². The molecule has 0 saturated carbocycles. The Labute approximate surface area is 206 Å². The summed E-state index contributed by atoms with van der Waals surface area (Å²) < 4.78 is 11.3. The van der Waals surface area contributed by atoms with E-state index in [1.165, 1.54) is 0 Å². The normalized spacial score (nSPS) is 14.4. The van der Waals surface area contributed by atoms with Crippen LogP contribution in [0.15, 0.2) is 56.1 Å². The molecule has 3 aromatic rings. The van der Waals surface area contributed by atoms with Gasteiger partial charge in [0.2, 0.25) is 11.8 Å². The number of nitrogens with zero attached hydrogens (tertiary/aromatic N) is 5. The first-order chi connectivity index (χ1) is 16.5. The Morgan fingerprint density at radius 1 is 1.09 bits per heavy atom. The fraction of sp³-hybridized carbons (Fsp3) is 0.417. The predicted molar refractivity (Wildman–Crippen MR) is 128 cm³/mol. The number of hydrogen-bond acceptors (Lipinski definition) is 7. The van der Waals surface area contributed by atoms with Gasteiger partial charge in [-0.2, -0.15) is 4.98 Å². The summed E-state index contributed by atoms with van der Waals surface area (Å²) in [5.41, 5.74) is 1.11. The van der Waals surface area contributed by atoms with Crippen molar-refractivity contribution in [2.45, 2.75) is 32.9 Å². The average Bonchev–Trinajstić information content (AvgIpc) is 3.50. The van der Waals surface area contributed by atoms with Crippen LogP contribution < -0.4 is 0 Å². The molecule has 2 amide bonds. The summed E-state index contributed by atoms with van der Waals surface area (Å²) in [6.45, 7) is 6.38. The van der Waals surface area contributed by atoms with E-state index in [2.05, 4.69) is 31.0 Å². The van der Waals surface area contributed by atoms with E-state index in [0.29, 0.717) is 80.8 Å². The van der Waals surface area contributed by atoms with Gasteiger partial charge in [0.15, 0.2) is 16.3 Å².